The van der Waals surface area contributed by atoms with Crippen molar-refractivity contribution in [3.63, 3.8) is 0 Å². The monoisotopic (exact) mass is 370 g/mol. The minimum Gasteiger partial charge on any atom is -0.494 e. The molecule has 1 heterocycles. The zero-order chi connectivity index (χ0) is 19.2. The Morgan fingerprint density at radius 2 is 1.85 bits per heavy atom. The molecule has 0 spiro atoms. The van der Waals surface area contributed by atoms with E-state index in [9.17, 15) is 9.59 Å². The van der Waals surface area contributed by atoms with E-state index in [1.165, 1.54) is 0 Å². The smallest absolute Gasteiger partial charge is 0.265 e. The van der Waals surface area contributed by atoms with Crippen LogP contribution in [0.3, 0.4) is 0 Å². The Morgan fingerprint density at radius 3 is 2.56 bits per heavy atom. The first kappa shape index (κ1) is 18.6. The number of fused-ring (bicyclic) bond motifs is 1. The van der Waals surface area contributed by atoms with Crippen LogP contribution in [0.2, 0.25) is 0 Å². The Balaban J connectivity index is 1.48. The minimum atomic E-state index is -0.530. The van der Waals surface area contributed by atoms with E-state index in [0.717, 1.165) is 5.75 Å². The van der Waals surface area contributed by atoms with Gasteiger partial charge in [0.05, 0.1) is 25.3 Å². The van der Waals surface area contributed by atoms with Crippen LogP contribution in [0, 0.1) is 0 Å². The summed E-state index contributed by atoms with van der Waals surface area (Å²) >= 11 is 0. The highest BCUT2D eigenvalue weighted by Gasteiger charge is 2.23. The Hall–Kier alpha value is -3.22. The van der Waals surface area contributed by atoms with Gasteiger partial charge in [-0.25, -0.2) is 0 Å². The second-order valence-electron chi connectivity index (χ2n) is 6.01. The van der Waals surface area contributed by atoms with E-state index < -0.39 is 6.10 Å². The van der Waals surface area contributed by atoms with Crippen molar-refractivity contribution in [1.29, 1.82) is 0 Å². The quantitative estimate of drug-likeness (QED) is 0.782. The first-order valence-electron chi connectivity index (χ1n) is 8.82. The summed E-state index contributed by atoms with van der Waals surface area (Å²) in [6, 6.07) is 12.4. The fraction of sp³-hybridized carbons (Fsp3) is 0.300. The lowest BCUT2D eigenvalue weighted by molar-refractivity contribution is -0.122. The molecule has 2 aromatic carbocycles. The maximum Gasteiger partial charge on any atom is 0.265 e. The van der Waals surface area contributed by atoms with Crippen molar-refractivity contribution in [2.45, 2.75) is 26.4 Å². The largest absolute Gasteiger partial charge is 0.494 e. The van der Waals surface area contributed by atoms with E-state index in [1.807, 2.05) is 19.1 Å². The van der Waals surface area contributed by atoms with Crippen LogP contribution in [-0.4, -0.2) is 31.1 Å². The van der Waals surface area contributed by atoms with Gasteiger partial charge in [-0.2, -0.15) is 0 Å². The predicted molar refractivity (Wildman–Crippen MR) is 102 cm³/mol. The summed E-state index contributed by atoms with van der Waals surface area (Å²) in [6.45, 7) is 4.46. The van der Waals surface area contributed by atoms with Crippen LogP contribution in [0.5, 0.6) is 17.2 Å². The Labute approximate surface area is 157 Å². The Morgan fingerprint density at radius 1 is 1.15 bits per heavy atom. The average Bonchev–Trinajstić information content (AvgIpc) is 2.64. The fourth-order valence-electron chi connectivity index (χ4n) is 2.57. The summed E-state index contributed by atoms with van der Waals surface area (Å²) in [6.07, 6.45) is -0.331. The van der Waals surface area contributed by atoms with Crippen molar-refractivity contribution >= 4 is 23.2 Å². The van der Waals surface area contributed by atoms with Crippen molar-refractivity contribution in [1.82, 2.24) is 0 Å². The molecular weight excluding hydrogens is 348 g/mol. The molecule has 3 rings (SSSR count). The van der Waals surface area contributed by atoms with E-state index in [4.69, 9.17) is 14.2 Å². The predicted octanol–water partition coefficient (Wildman–Crippen LogP) is 3.21. The van der Waals surface area contributed by atoms with Crippen molar-refractivity contribution in [3.05, 3.63) is 42.5 Å². The summed E-state index contributed by atoms with van der Waals surface area (Å²) < 4.78 is 16.4. The van der Waals surface area contributed by atoms with Gasteiger partial charge in [-0.1, -0.05) is 0 Å². The number of carbonyl (C=O) groups excluding carboxylic acids is 2. The van der Waals surface area contributed by atoms with E-state index in [0.29, 0.717) is 29.5 Å². The highest BCUT2D eigenvalue weighted by Crippen LogP contribution is 2.32. The number of rotatable bonds is 7. The van der Waals surface area contributed by atoms with Crippen LogP contribution < -0.4 is 24.8 Å². The third kappa shape index (κ3) is 4.91. The van der Waals surface area contributed by atoms with Gasteiger partial charge in [0.15, 0.2) is 6.10 Å². The molecule has 7 nitrogen and oxygen atoms in total. The van der Waals surface area contributed by atoms with Gasteiger partial charge < -0.3 is 24.8 Å². The maximum atomic E-state index is 12.1. The second kappa shape index (κ2) is 8.44. The molecule has 0 bridgehead atoms. The zero-order valence-corrected chi connectivity index (χ0v) is 15.3. The summed E-state index contributed by atoms with van der Waals surface area (Å²) in [5.74, 6) is 1.64. The lowest BCUT2D eigenvalue weighted by Crippen LogP contribution is -2.34. The molecule has 7 heteroatoms. The lowest BCUT2D eigenvalue weighted by Gasteiger charge is -2.23. The zero-order valence-electron chi connectivity index (χ0n) is 15.3. The molecule has 0 radical (unpaired) electrons. The molecule has 2 aromatic rings. The van der Waals surface area contributed by atoms with Crippen LogP contribution in [0.1, 0.15) is 20.3 Å². The van der Waals surface area contributed by atoms with Gasteiger partial charge in [-0.3, -0.25) is 9.59 Å². The molecule has 1 atom stereocenters. The molecule has 0 aliphatic carbocycles. The average molecular weight is 370 g/mol. The molecule has 1 aliphatic rings. The molecule has 0 saturated heterocycles. The normalized spacial score (nSPS) is 15.2. The van der Waals surface area contributed by atoms with Crippen LogP contribution in [0.25, 0.3) is 0 Å². The number of benzene rings is 2. The highest BCUT2D eigenvalue weighted by molar-refractivity contribution is 5.99. The van der Waals surface area contributed by atoms with E-state index >= 15 is 0 Å². The molecule has 1 unspecified atom stereocenters. The molecule has 1 aliphatic heterocycles. The first-order valence-corrected chi connectivity index (χ1v) is 8.82. The van der Waals surface area contributed by atoms with E-state index in [1.54, 1.807) is 37.3 Å². The van der Waals surface area contributed by atoms with E-state index in [2.05, 4.69) is 10.6 Å². The molecule has 2 N–H and O–H groups in total. The third-order valence-corrected chi connectivity index (χ3v) is 3.93. The maximum absolute atomic E-state index is 12.1. The van der Waals surface area contributed by atoms with Crippen LogP contribution in [-0.2, 0) is 9.59 Å². The molecule has 27 heavy (non-hydrogen) atoms. The van der Waals surface area contributed by atoms with Gasteiger partial charge in [0.25, 0.3) is 5.91 Å². The minimum absolute atomic E-state index is 0.183. The van der Waals surface area contributed by atoms with Gasteiger partial charge in [0.1, 0.15) is 17.2 Å². The first-order chi connectivity index (χ1) is 13.0. The number of anilines is 2. The summed E-state index contributed by atoms with van der Waals surface area (Å²) in [7, 11) is 0. The number of amides is 2. The lowest BCUT2D eigenvalue weighted by atomic mass is 10.2. The van der Waals surface area contributed by atoms with Gasteiger partial charge in [-0.15, -0.1) is 0 Å². The number of hydrogen-bond acceptors (Lipinski definition) is 5. The molecule has 0 aromatic heterocycles. The Kier molecular flexibility index (Phi) is 5.80. The summed E-state index contributed by atoms with van der Waals surface area (Å²) in [5, 5.41) is 5.54. The van der Waals surface area contributed by atoms with Crippen molar-refractivity contribution in [3.8, 4) is 17.2 Å². The summed E-state index contributed by atoms with van der Waals surface area (Å²) in [4.78, 5) is 23.8. The number of hydrogen-bond donors (Lipinski definition) is 2. The highest BCUT2D eigenvalue weighted by atomic mass is 16.5. The fourth-order valence-corrected chi connectivity index (χ4v) is 2.57. The van der Waals surface area contributed by atoms with Crippen molar-refractivity contribution in [2.24, 2.45) is 0 Å². The van der Waals surface area contributed by atoms with Gasteiger partial charge in [0, 0.05) is 5.69 Å². The molecule has 0 saturated carbocycles. The molecule has 0 fully saturated rings. The van der Waals surface area contributed by atoms with Crippen LogP contribution in [0.4, 0.5) is 11.4 Å². The van der Waals surface area contributed by atoms with Gasteiger partial charge >= 0.3 is 0 Å². The van der Waals surface area contributed by atoms with Crippen molar-refractivity contribution < 1.29 is 23.8 Å². The summed E-state index contributed by atoms with van der Waals surface area (Å²) in [5.41, 5.74) is 1.12. The molecule has 142 valence electrons. The molecule has 2 amide bonds. The van der Waals surface area contributed by atoms with Gasteiger partial charge in [0.2, 0.25) is 5.91 Å². The molecular formula is C20H22N2O5. The number of ether oxygens (including phenoxy) is 3. The SMILES string of the molecule is CCOc1ccc(OCCC(=O)Nc2ccc3c(c2)NC(=O)C(C)O3)cc1. The second-order valence-corrected chi connectivity index (χ2v) is 6.01. The number of carbonyl (C=O) groups is 2. The standard InChI is InChI=1S/C20H22N2O5/c1-3-25-15-5-7-16(8-6-15)26-11-10-19(23)21-14-4-9-18-17(12-14)22-20(24)13(2)27-18/h4-9,12-13H,3,10-11H2,1-2H3,(H,21,23)(H,22,24). The third-order valence-electron chi connectivity index (χ3n) is 3.93. The topological polar surface area (TPSA) is 85.9 Å². The number of nitrogens with one attached hydrogen (secondary N) is 2. The van der Waals surface area contributed by atoms with Crippen LogP contribution >= 0.6 is 0 Å². The Bertz CT molecular complexity index is 820. The van der Waals surface area contributed by atoms with Crippen molar-refractivity contribution in [2.75, 3.05) is 23.8 Å². The van der Waals surface area contributed by atoms with E-state index in [-0.39, 0.29) is 24.8 Å². The van der Waals surface area contributed by atoms with Crippen LogP contribution in [0.15, 0.2) is 42.5 Å². The van der Waals surface area contributed by atoms with Gasteiger partial charge in [-0.05, 0) is 56.3 Å².